The van der Waals surface area contributed by atoms with Crippen LogP contribution in [-0.2, 0) is 35.1 Å². The van der Waals surface area contributed by atoms with E-state index in [0.717, 1.165) is 70.1 Å². The van der Waals surface area contributed by atoms with Crippen LogP contribution in [0.4, 0.5) is 11.4 Å². The minimum Gasteiger partial charge on any atom is -0.481 e. The predicted molar refractivity (Wildman–Crippen MR) is 170 cm³/mol. The monoisotopic (exact) mass is 643 g/mol. The molecule has 44 heavy (non-hydrogen) atoms. The number of anilines is 1. The van der Waals surface area contributed by atoms with Crippen molar-refractivity contribution in [1.82, 2.24) is 0 Å². The van der Waals surface area contributed by atoms with Crippen LogP contribution in [0, 0.1) is 0 Å². The third-order valence-electron chi connectivity index (χ3n) is 8.61. The second-order valence-electron chi connectivity index (χ2n) is 11.8. The van der Waals surface area contributed by atoms with E-state index in [1.807, 2.05) is 75.0 Å². The number of aliphatic carboxylic acids is 1. The van der Waals surface area contributed by atoms with Gasteiger partial charge in [-0.25, -0.2) is 5.26 Å². The number of carboxylic acids is 1. The quantitative estimate of drug-likeness (QED) is 0.0406. The Labute approximate surface area is 262 Å². The Hall–Kier alpha value is -3.26. The lowest BCUT2D eigenvalue weighted by atomic mass is 9.77. The Morgan fingerprint density at radius 1 is 1.05 bits per heavy atom. The van der Waals surface area contributed by atoms with Crippen LogP contribution in [0.2, 0.25) is 0 Å². The lowest BCUT2D eigenvalue weighted by Crippen LogP contribution is -2.26. The maximum Gasteiger partial charge on any atom is 0.303 e. The molecule has 2 aliphatic heterocycles. The molecule has 2 aromatic carbocycles. The van der Waals surface area contributed by atoms with Crippen LogP contribution in [0.15, 0.2) is 82.3 Å². The number of unbranched alkanes of at least 4 members (excludes halogenated alkanes) is 2. The molecule has 1 atom stereocenters. The SMILES string of the molecule is CN1\C(=C/C=C/C=C/C2=[N+](C)c3ccc(S(=O)(=O)O)cc3C2(C)C)C(C)(CCCCCC(=O)O)c2cc(SOOO)ccc21. The Morgan fingerprint density at radius 2 is 1.80 bits per heavy atom. The van der Waals surface area contributed by atoms with Gasteiger partial charge in [0.2, 0.25) is 5.69 Å². The first-order valence-corrected chi connectivity index (χ1v) is 16.4. The minimum absolute atomic E-state index is 0.124. The molecule has 12 heteroatoms. The largest absolute Gasteiger partial charge is 0.481 e. The van der Waals surface area contributed by atoms with Crippen LogP contribution >= 0.6 is 12.0 Å². The number of allylic oxidation sites excluding steroid dienone is 6. The number of hydrogen-bond donors (Lipinski definition) is 3. The van der Waals surface area contributed by atoms with E-state index < -0.39 is 21.5 Å². The second kappa shape index (κ2) is 13.4. The summed E-state index contributed by atoms with van der Waals surface area (Å²) in [5.74, 6) is -0.786. The molecule has 3 N–H and O–H groups in total. The van der Waals surface area contributed by atoms with Crippen molar-refractivity contribution in [2.75, 3.05) is 19.0 Å². The number of likely N-dealkylation sites (N-methyl/N-ethyl adjacent to an activating group) is 1. The van der Waals surface area contributed by atoms with Gasteiger partial charge in [0, 0.05) is 52.9 Å². The molecule has 0 bridgehead atoms. The Bertz CT molecular complexity index is 1660. The summed E-state index contributed by atoms with van der Waals surface area (Å²) >= 11 is 0.912. The average molecular weight is 644 g/mol. The summed E-state index contributed by atoms with van der Waals surface area (Å²) in [6.07, 6.45) is 13.2. The molecule has 236 valence electrons. The lowest BCUT2D eigenvalue weighted by Gasteiger charge is -2.29. The van der Waals surface area contributed by atoms with Gasteiger partial charge < -0.3 is 10.0 Å². The Kier molecular flexibility index (Phi) is 10.2. The van der Waals surface area contributed by atoms with E-state index in [4.69, 9.17) is 10.4 Å². The van der Waals surface area contributed by atoms with Crippen LogP contribution in [0.5, 0.6) is 0 Å². The summed E-state index contributed by atoms with van der Waals surface area (Å²) in [6, 6.07) is 10.6. The molecule has 0 radical (unpaired) electrons. The highest BCUT2D eigenvalue weighted by Crippen LogP contribution is 2.51. The zero-order chi connectivity index (χ0) is 32.3. The number of benzene rings is 2. The molecule has 0 fully saturated rings. The van der Waals surface area contributed by atoms with Gasteiger partial charge in [-0.2, -0.15) is 13.0 Å². The van der Waals surface area contributed by atoms with Crippen molar-refractivity contribution < 1.29 is 42.1 Å². The summed E-state index contributed by atoms with van der Waals surface area (Å²) in [5, 5.41) is 21.4. The molecule has 2 aromatic rings. The smallest absolute Gasteiger partial charge is 0.303 e. The number of carboxylic acid groups (broad SMARTS) is 1. The maximum atomic E-state index is 11.7. The van der Waals surface area contributed by atoms with Crippen LogP contribution in [0.25, 0.3) is 0 Å². The first kappa shape index (κ1) is 33.6. The number of hydrogen-bond acceptors (Lipinski definition) is 8. The van der Waals surface area contributed by atoms with Gasteiger partial charge in [-0.05, 0) is 75.6 Å². The molecule has 1 unspecified atom stereocenters. The third-order valence-corrected chi connectivity index (χ3v) is 10.0. The van der Waals surface area contributed by atoms with Crippen molar-refractivity contribution >= 4 is 45.2 Å². The van der Waals surface area contributed by atoms with Crippen LogP contribution in [-0.4, -0.2) is 53.7 Å². The van der Waals surface area contributed by atoms with Crippen molar-refractivity contribution in [3.05, 3.63) is 83.6 Å². The highest BCUT2D eigenvalue weighted by molar-refractivity contribution is 7.94. The van der Waals surface area contributed by atoms with Gasteiger partial charge in [0.1, 0.15) is 7.05 Å². The highest BCUT2D eigenvalue weighted by atomic mass is 32.2. The predicted octanol–water partition coefficient (Wildman–Crippen LogP) is 6.81. The Morgan fingerprint density at radius 3 is 2.48 bits per heavy atom. The molecule has 0 saturated heterocycles. The van der Waals surface area contributed by atoms with Gasteiger partial charge in [-0.1, -0.05) is 36.1 Å². The van der Waals surface area contributed by atoms with Crippen molar-refractivity contribution in [2.24, 2.45) is 0 Å². The average Bonchev–Trinajstić information content (AvgIpc) is 3.29. The molecule has 0 saturated carbocycles. The standard InChI is InChI=1S/C32H38N2O8S2/c1-31(2)24-21-23(44(38,39)40)16-18-26(24)33(4)28(31)12-8-6-9-13-29-32(3,19-11-7-10-14-30(35)36)25-20-22(43-42-41-37)15-17-27(25)34(29)5/h6,8-9,12-13,15-18,20-21H,7,10-11,14,19H2,1-5H3,(H2-,35,36,37,38,39,40)/p+1. The van der Waals surface area contributed by atoms with Crippen LogP contribution in [0.3, 0.4) is 0 Å². The molecular weight excluding hydrogens is 604 g/mol. The summed E-state index contributed by atoms with van der Waals surface area (Å²) in [4.78, 5) is 13.8. The van der Waals surface area contributed by atoms with Crippen molar-refractivity contribution in [2.45, 2.75) is 73.5 Å². The van der Waals surface area contributed by atoms with E-state index >= 15 is 0 Å². The van der Waals surface area contributed by atoms with E-state index in [9.17, 15) is 17.8 Å². The molecule has 2 heterocycles. The van der Waals surface area contributed by atoms with Crippen molar-refractivity contribution in [3.63, 3.8) is 0 Å². The first-order chi connectivity index (χ1) is 20.7. The van der Waals surface area contributed by atoms with E-state index in [2.05, 4.69) is 27.3 Å². The van der Waals surface area contributed by atoms with E-state index in [0.29, 0.717) is 6.42 Å². The summed E-state index contributed by atoms with van der Waals surface area (Å²) < 4.78 is 39.7. The van der Waals surface area contributed by atoms with Gasteiger partial charge >= 0.3 is 5.97 Å². The molecule has 4 rings (SSSR count). The summed E-state index contributed by atoms with van der Waals surface area (Å²) in [6.45, 7) is 6.22. The van der Waals surface area contributed by atoms with Gasteiger partial charge in [0.25, 0.3) is 10.1 Å². The number of carbonyl (C=O) groups is 1. The fourth-order valence-electron chi connectivity index (χ4n) is 6.32. The summed E-state index contributed by atoms with van der Waals surface area (Å²) in [5.41, 5.74) is 5.08. The highest BCUT2D eigenvalue weighted by Gasteiger charge is 2.44. The van der Waals surface area contributed by atoms with Crippen LogP contribution in [0.1, 0.15) is 64.0 Å². The fraction of sp³-hybridized carbons (Fsp3) is 0.375. The van der Waals surface area contributed by atoms with E-state index in [1.54, 1.807) is 6.07 Å². The molecule has 0 aliphatic carbocycles. The normalized spacial score (nSPS) is 20.3. The van der Waals surface area contributed by atoms with E-state index in [1.165, 1.54) is 12.1 Å². The number of fused-ring (bicyclic) bond motifs is 2. The maximum absolute atomic E-state index is 11.7. The van der Waals surface area contributed by atoms with Crippen molar-refractivity contribution in [3.8, 4) is 0 Å². The molecular formula is C32H39N2O8S2+. The molecule has 0 aromatic heterocycles. The molecule has 10 nitrogen and oxygen atoms in total. The number of rotatable bonds is 13. The summed E-state index contributed by atoms with van der Waals surface area (Å²) in [7, 11) is -0.354. The van der Waals surface area contributed by atoms with Gasteiger partial charge in [0.05, 0.1) is 22.4 Å². The first-order valence-electron chi connectivity index (χ1n) is 14.3. The fourth-order valence-corrected chi connectivity index (χ4v) is 7.22. The zero-order valence-electron chi connectivity index (χ0n) is 25.5. The third kappa shape index (κ3) is 6.85. The lowest BCUT2D eigenvalue weighted by molar-refractivity contribution is -0.432. The van der Waals surface area contributed by atoms with E-state index in [-0.39, 0.29) is 16.7 Å². The van der Waals surface area contributed by atoms with Crippen LogP contribution < -0.4 is 4.90 Å². The number of nitrogens with zero attached hydrogens (tertiary/aromatic N) is 2. The zero-order valence-corrected chi connectivity index (χ0v) is 27.1. The van der Waals surface area contributed by atoms with Crippen molar-refractivity contribution in [1.29, 1.82) is 0 Å². The molecule has 0 amide bonds. The van der Waals surface area contributed by atoms with Gasteiger partial charge in [-0.15, -0.1) is 4.33 Å². The minimum atomic E-state index is -4.31. The van der Waals surface area contributed by atoms with Gasteiger partial charge in [-0.3, -0.25) is 9.35 Å². The molecule has 2 aliphatic rings. The Balaban J connectivity index is 1.58. The van der Waals surface area contributed by atoms with Gasteiger partial charge in [0.15, 0.2) is 5.71 Å². The topological polar surface area (TPSA) is 137 Å². The molecule has 0 spiro atoms. The second-order valence-corrected chi connectivity index (χ2v) is 14.0.